The molecular weight excluding hydrogens is 196 g/mol. The molecule has 0 N–H and O–H groups in total. The van der Waals surface area contributed by atoms with Gasteiger partial charge in [0.05, 0.1) is 0 Å². The molecule has 0 aliphatic rings. The first-order valence-corrected chi connectivity index (χ1v) is 5.82. The van der Waals surface area contributed by atoms with Crippen molar-refractivity contribution in [2.45, 2.75) is 39.5 Å². The van der Waals surface area contributed by atoms with Crippen molar-refractivity contribution in [2.24, 2.45) is 0 Å². The van der Waals surface area contributed by atoms with E-state index in [0.717, 1.165) is 24.7 Å². The van der Waals surface area contributed by atoms with Gasteiger partial charge >= 0.3 is 0 Å². The Kier molecular flexibility index (Phi) is 4.97. The van der Waals surface area contributed by atoms with Crippen LogP contribution in [0.3, 0.4) is 0 Å². The average Bonchev–Trinajstić information content (AvgIpc) is 2.29. The SMILES string of the molecule is C/C(C=O)=C\CC[C@@H](C)c1ccc(C)cc1. The molecular formula is C15H20O. The van der Waals surface area contributed by atoms with Crippen LogP contribution < -0.4 is 0 Å². The van der Waals surface area contributed by atoms with Gasteiger partial charge in [0.1, 0.15) is 6.29 Å². The lowest BCUT2D eigenvalue weighted by Crippen LogP contribution is -1.93. The molecule has 0 aliphatic carbocycles. The maximum absolute atomic E-state index is 10.4. The normalized spacial score (nSPS) is 13.6. The fourth-order valence-corrected chi connectivity index (χ4v) is 1.67. The quantitative estimate of drug-likeness (QED) is 0.536. The van der Waals surface area contributed by atoms with Gasteiger partial charge < -0.3 is 0 Å². The van der Waals surface area contributed by atoms with Crippen LogP contribution in [0.4, 0.5) is 0 Å². The third-order valence-electron chi connectivity index (χ3n) is 2.90. The fraction of sp³-hybridized carbons (Fsp3) is 0.400. The van der Waals surface area contributed by atoms with Crippen molar-refractivity contribution < 1.29 is 4.79 Å². The lowest BCUT2D eigenvalue weighted by molar-refractivity contribution is -0.104. The summed E-state index contributed by atoms with van der Waals surface area (Å²) in [5.74, 6) is 0.552. The standard InChI is InChI=1S/C15H20O/c1-12-7-9-15(10-8-12)14(3)6-4-5-13(2)11-16/h5,7-11,14H,4,6H2,1-3H3/b13-5+/t14-/m1/s1. The van der Waals surface area contributed by atoms with Crippen molar-refractivity contribution in [1.29, 1.82) is 0 Å². The van der Waals surface area contributed by atoms with Crippen LogP contribution in [0.1, 0.15) is 43.7 Å². The monoisotopic (exact) mass is 216 g/mol. The number of aryl methyl sites for hydroxylation is 1. The van der Waals surface area contributed by atoms with E-state index in [0.29, 0.717) is 5.92 Å². The summed E-state index contributed by atoms with van der Waals surface area (Å²) in [6.07, 6.45) is 4.99. The number of hydrogen-bond acceptors (Lipinski definition) is 1. The molecule has 1 heteroatoms. The molecule has 0 saturated carbocycles. The number of allylic oxidation sites excluding steroid dienone is 2. The summed E-state index contributed by atoms with van der Waals surface area (Å²) in [6.45, 7) is 6.18. The van der Waals surface area contributed by atoms with Crippen LogP contribution in [0.5, 0.6) is 0 Å². The van der Waals surface area contributed by atoms with Gasteiger partial charge in [-0.05, 0) is 43.7 Å². The van der Waals surface area contributed by atoms with Gasteiger partial charge in [0.15, 0.2) is 0 Å². The number of benzene rings is 1. The number of carbonyl (C=O) groups is 1. The van der Waals surface area contributed by atoms with Gasteiger partial charge in [-0.3, -0.25) is 4.79 Å². The van der Waals surface area contributed by atoms with Crippen molar-refractivity contribution in [3.63, 3.8) is 0 Å². The molecule has 1 rings (SSSR count). The Morgan fingerprint density at radius 2 is 1.94 bits per heavy atom. The Balaban J connectivity index is 2.49. The van der Waals surface area contributed by atoms with E-state index < -0.39 is 0 Å². The smallest absolute Gasteiger partial charge is 0.145 e. The van der Waals surface area contributed by atoms with Crippen LogP contribution >= 0.6 is 0 Å². The summed E-state index contributed by atoms with van der Waals surface area (Å²) < 4.78 is 0. The van der Waals surface area contributed by atoms with Crippen LogP contribution in [0.2, 0.25) is 0 Å². The molecule has 0 unspecified atom stereocenters. The van der Waals surface area contributed by atoms with Gasteiger partial charge in [-0.15, -0.1) is 0 Å². The summed E-state index contributed by atoms with van der Waals surface area (Å²) in [7, 11) is 0. The van der Waals surface area contributed by atoms with E-state index in [1.165, 1.54) is 11.1 Å². The lowest BCUT2D eigenvalue weighted by Gasteiger charge is -2.10. The van der Waals surface area contributed by atoms with E-state index in [1.807, 2.05) is 13.0 Å². The van der Waals surface area contributed by atoms with Gasteiger partial charge in [0.25, 0.3) is 0 Å². The zero-order valence-electron chi connectivity index (χ0n) is 10.4. The van der Waals surface area contributed by atoms with Crippen molar-refractivity contribution in [3.8, 4) is 0 Å². The lowest BCUT2D eigenvalue weighted by atomic mass is 9.95. The van der Waals surface area contributed by atoms with Gasteiger partial charge in [-0.2, -0.15) is 0 Å². The molecule has 86 valence electrons. The van der Waals surface area contributed by atoms with Gasteiger partial charge in [-0.1, -0.05) is 42.8 Å². The van der Waals surface area contributed by atoms with Crippen LogP contribution in [-0.4, -0.2) is 6.29 Å². The maximum Gasteiger partial charge on any atom is 0.145 e. The molecule has 0 amide bonds. The average molecular weight is 216 g/mol. The van der Waals surface area contributed by atoms with E-state index in [1.54, 1.807) is 0 Å². The highest BCUT2D eigenvalue weighted by atomic mass is 16.1. The van der Waals surface area contributed by atoms with Gasteiger partial charge in [-0.25, -0.2) is 0 Å². The van der Waals surface area contributed by atoms with Crippen molar-refractivity contribution in [1.82, 2.24) is 0 Å². The van der Waals surface area contributed by atoms with Gasteiger partial charge in [0, 0.05) is 0 Å². The predicted molar refractivity (Wildman–Crippen MR) is 68.6 cm³/mol. The first-order chi connectivity index (χ1) is 7.63. The fourth-order valence-electron chi connectivity index (χ4n) is 1.67. The predicted octanol–water partition coefficient (Wildman–Crippen LogP) is 4.02. The Morgan fingerprint density at radius 3 is 2.50 bits per heavy atom. The Labute approximate surface area is 98.2 Å². The molecule has 1 nitrogen and oxygen atoms in total. The first-order valence-electron chi connectivity index (χ1n) is 5.82. The largest absolute Gasteiger partial charge is 0.298 e. The van der Waals surface area contributed by atoms with Crippen molar-refractivity contribution in [3.05, 3.63) is 47.0 Å². The number of hydrogen-bond donors (Lipinski definition) is 0. The van der Waals surface area contributed by atoms with E-state index in [2.05, 4.69) is 38.1 Å². The second-order valence-electron chi connectivity index (χ2n) is 4.46. The van der Waals surface area contributed by atoms with Crippen LogP contribution in [0.15, 0.2) is 35.9 Å². The molecule has 1 aromatic carbocycles. The molecule has 1 atom stereocenters. The Bertz CT molecular complexity index is 360. The molecule has 0 radical (unpaired) electrons. The highest BCUT2D eigenvalue weighted by molar-refractivity contribution is 5.71. The summed E-state index contributed by atoms with van der Waals surface area (Å²) in [5, 5.41) is 0. The molecule has 0 aromatic heterocycles. The van der Waals surface area contributed by atoms with E-state index in [-0.39, 0.29) is 0 Å². The molecule has 0 fully saturated rings. The summed E-state index contributed by atoms with van der Waals surface area (Å²) in [5.41, 5.74) is 3.51. The first kappa shape index (κ1) is 12.7. The number of aldehydes is 1. The topological polar surface area (TPSA) is 17.1 Å². The summed E-state index contributed by atoms with van der Waals surface area (Å²) in [6, 6.07) is 8.68. The number of carbonyl (C=O) groups excluding carboxylic acids is 1. The highest BCUT2D eigenvalue weighted by Gasteiger charge is 2.03. The minimum Gasteiger partial charge on any atom is -0.298 e. The van der Waals surface area contributed by atoms with Gasteiger partial charge in [0.2, 0.25) is 0 Å². The van der Waals surface area contributed by atoms with E-state index in [4.69, 9.17) is 0 Å². The van der Waals surface area contributed by atoms with Crippen LogP contribution in [0.25, 0.3) is 0 Å². The third kappa shape index (κ3) is 4.01. The molecule has 0 bridgehead atoms. The molecule has 16 heavy (non-hydrogen) atoms. The zero-order chi connectivity index (χ0) is 12.0. The third-order valence-corrected chi connectivity index (χ3v) is 2.90. The molecule has 1 aromatic rings. The molecule has 0 aliphatic heterocycles. The second kappa shape index (κ2) is 6.26. The number of rotatable bonds is 5. The Morgan fingerprint density at radius 1 is 1.31 bits per heavy atom. The van der Waals surface area contributed by atoms with E-state index >= 15 is 0 Å². The second-order valence-corrected chi connectivity index (χ2v) is 4.46. The molecule has 0 heterocycles. The van der Waals surface area contributed by atoms with Crippen molar-refractivity contribution >= 4 is 6.29 Å². The minimum absolute atomic E-state index is 0.552. The van der Waals surface area contributed by atoms with Crippen LogP contribution in [0, 0.1) is 6.92 Å². The summed E-state index contributed by atoms with van der Waals surface area (Å²) >= 11 is 0. The molecule has 0 saturated heterocycles. The maximum atomic E-state index is 10.4. The molecule has 0 spiro atoms. The van der Waals surface area contributed by atoms with E-state index in [9.17, 15) is 4.79 Å². The Hall–Kier alpha value is -1.37. The van der Waals surface area contributed by atoms with Crippen molar-refractivity contribution in [2.75, 3.05) is 0 Å². The van der Waals surface area contributed by atoms with Crippen LogP contribution in [-0.2, 0) is 4.79 Å². The summed E-state index contributed by atoms with van der Waals surface area (Å²) in [4.78, 5) is 10.4. The highest BCUT2D eigenvalue weighted by Crippen LogP contribution is 2.21. The minimum atomic E-state index is 0.552. The zero-order valence-corrected chi connectivity index (χ0v) is 10.4.